The molecule has 0 aromatic carbocycles. The summed E-state index contributed by atoms with van der Waals surface area (Å²) in [5, 5.41) is 0. The van der Waals surface area contributed by atoms with E-state index in [1.165, 1.54) is 5.57 Å². The summed E-state index contributed by atoms with van der Waals surface area (Å²) in [6.07, 6.45) is 5.30. The average molecular weight is 133 g/mol. The SMILES string of the molecule is CC1=CC=NC2=NC=N[C@@H]12. The van der Waals surface area contributed by atoms with Crippen LogP contribution in [0.1, 0.15) is 6.92 Å². The first-order valence-electron chi connectivity index (χ1n) is 3.18. The van der Waals surface area contributed by atoms with Crippen LogP contribution in [0.5, 0.6) is 0 Å². The smallest absolute Gasteiger partial charge is 0.158 e. The van der Waals surface area contributed by atoms with E-state index in [-0.39, 0.29) is 6.04 Å². The second-order valence-corrected chi connectivity index (χ2v) is 2.34. The zero-order valence-electron chi connectivity index (χ0n) is 5.65. The first-order chi connectivity index (χ1) is 4.88. The molecule has 3 heteroatoms. The van der Waals surface area contributed by atoms with Crippen molar-refractivity contribution in [2.75, 3.05) is 0 Å². The first kappa shape index (κ1) is 5.53. The maximum absolute atomic E-state index is 4.13. The van der Waals surface area contributed by atoms with Crippen molar-refractivity contribution in [3.8, 4) is 0 Å². The molecule has 0 saturated heterocycles. The maximum Gasteiger partial charge on any atom is 0.158 e. The van der Waals surface area contributed by atoms with Gasteiger partial charge in [0.15, 0.2) is 5.84 Å². The van der Waals surface area contributed by atoms with Gasteiger partial charge < -0.3 is 0 Å². The number of hydrogen-bond donors (Lipinski definition) is 0. The summed E-state index contributed by atoms with van der Waals surface area (Å²) in [5.74, 6) is 0.819. The number of amidine groups is 1. The molecule has 0 bridgehead atoms. The lowest BCUT2D eigenvalue weighted by molar-refractivity contribution is 1.01. The fourth-order valence-corrected chi connectivity index (χ4v) is 1.04. The molecular weight excluding hydrogens is 126 g/mol. The second kappa shape index (κ2) is 1.87. The van der Waals surface area contributed by atoms with E-state index in [9.17, 15) is 0 Å². The normalized spacial score (nSPS) is 27.9. The minimum Gasteiger partial charge on any atom is -0.258 e. The van der Waals surface area contributed by atoms with Gasteiger partial charge in [0.05, 0.1) is 0 Å². The minimum absolute atomic E-state index is 0.116. The largest absolute Gasteiger partial charge is 0.258 e. The number of fused-ring (bicyclic) bond motifs is 1. The Kier molecular flexibility index (Phi) is 1.03. The second-order valence-electron chi connectivity index (χ2n) is 2.34. The molecule has 0 fully saturated rings. The van der Waals surface area contributed by atoms with Crippen LogP contribution in [0.2, 0.25) is 0 Å². The van der Waals surface area contributed by atoms with Crippen molar-refractivity contribution in [2.24, 2.45) is 15.0 Å². The van der Waals surface area contributed by atoms with Gasteiger partial charge in [-0.2, -0.15) is 0 Å². The molecule has 2 aliphatic rings. The van der Waals surface area contributed by atoms with E-state index in [1.54, 1.807) is 12.6 Å². The van der Waals surface area contributed by atoms with Gasteiger partial charge in [0.25, 0.3) is 0 Å². The number of aliphatic imine (C=N–C) groups is 3. The van der Waals surface area contributed by atoms with Crippen molar-refractivity contribution in [3.05, 3.63) is 11.6 Å². The van der Waals surface area contributed by atoms with E-state index in [4.69, 9.17) is 0 Å². The van der Waals surface area contributed by atoms with Crippen molar-refractivity contribution in [3.63, 3.8) is 0 Å². The molecule has 2 rings (SSSR count). The van der Waals surface area contributed by atoms with Crippen LogP contribution < -0.4 is 0 Å². The molecular formula is C7H7N3. The lowest BCUT2D eigenvalue weighted by Gasteiger charge is -2.09. The molecule has 0 saturated carbocycles. The van der Waals surface area contributed by atoms with Gasteiger partial charge in [-0.3, -0.25) is 4.99 Å². The van der Waals surface area contributed by atoms with Crippen LogP contribution in [0.4, 0.5) is 0 Å². The predicted molar refractivity (Wildman–Crippen MR) is 42.0 cm³/mol. The van der Waals surface area contributed by atoms with Crippen molar-refractivity contribution < 1.29 is 0 Å². The number of nitrogens with zero attached hydrogens (tertiary/aromatic N) is 3. The zero-order chi connectivity index (χ0) is 6.97. The van der Waals surface area contributed by atoms with Gasteiger partial charge in [-0.1, -0.05) is 0 Å². The molecule has 1 atom stereocenters. The van der Waals surface area contributed by atoms with E-state index in [1.807, 2.05) is 13.0 Å². The van der Waals surface area contributed by atoms with Crippen molar-refractivity contribution in [1.29, 1.82) is 0 Å². The Bertz CT molecular complexity index is 271. The van der Waals surface area contributed by atoms with E-state index >= 15 is 0 Å². The third kappa shape index (κ3) is 0.635. The van der Waals surface area contributed by atoms with Gasteiger partial charge in [0.2, 0.25) is 0 Å². The van der Waals surface area contributed by atoms with Gasteiger partial charge in [-0.25, -0.2) is 9.98 Å². The van der Waals surface area contributed by atoms with E-state index < -0.39 is 0 Å². The Morgan fingerprint density at radius 1 is 1.50 bits per heavy atom. The maximum atomic E-state index is 4.13. The molecule has 0 aliphatic carbocycles. The third-order valence-corrected chi connectivity index (χ3v) is 1.63. The Morgan fingerprint density at radius 3 is 3.20 bits per heavy atom. The first-order valence-corrected chi connectivity index (χ1v) is 3.18. The molecule has 2 aliphatic heterocycles. The predicted octanol–water partition coefficient (Wildman–Crippen LogP) is 0.826. The van der Waals surface area contributed by atoms with Gasteiger partial charge in [-0.05, 0) is 18.6 Å². The molecule has 2 heterocycles. The summed E-state index contributed by atoms with van der Waals surface area (Å²) in [4.78, 5) is 12.2. The zero-order valence-corrected chi connectivity index (χ0v) is 5.65. The number of dihydropyridines is 1. The lowest BCUT2D eigenvalue weighted by Crippen LogP contribution is -2.17. The van der Waals surface area contributed by atoms with Crippen LogP contribution in [0, 0.1) is 0 Å². The lowest BCUT2D eigenvalue weighted by atomic mass is 10.1. The Balaban J connectivity index is 2.43. The van der Waals surface area contributed by atoms with E-state index in [0.29, 0.717) is 0 Å². The highest BCUT2D eigenvalue weighted by molar-refractivity contribution is 6.06. The third-order valence-electron chi connectivity index (χ3n) is 1.63. The monoisotopic (exact) mass is 133 g/mol. The average Bonchev–Trinajstić information content (AvgIpc) is 2.36. The number of hydrogen-bond acceptors (Lipinski definition) is 3. The molecule has 0 spiro atoms. The Morgan fingerprint density at radius 2 is 2.40 bits per heavy atom. The van der Waals surface area contributed by atoms with Crippen molar-refractivity contribution >= 4 is 18.4 Å². The van der Waals surface area contributed by atoms with Crippen LogP contribution in [-0.2, 0) is 0 Å². The molecule has 0 aromatic heterocycles. The van der Waals surface area contributed by atoms with Gasteiger partial charge >= 0.3 is 0 Å². The molecule has 0 aromatic rings. The molecule has 50 valence electrons. The highest BCUT2D eigenvalue weighted by Crippen LogP contribution is 2.14. The molecule has 0 radical (unpaired) electrons. The van der Waals surface area contributed by atoms with Crippen LogP contribution in [0.3, 0.4) is 0 Å². The Hall–Kier alpha value is -1.25. The fraction of sp³-hybridized carbons (Fsp3) is 0.286. The summed E-state index contributed by atoms with van der Waals surface area (Å²) in [5.41, 5.74) is 1.21. The minimum atomic E-state index is 0.116. The van der Waals surface area contributed by atoms with Crippen molar-refractivity contribution in [1.82, 2.24) is 0 Å². The molecule has 0 N–H and O–H groups in total. The van der Waals surface area contributed by atoms with Crippen LogP contribution >= 0.6 is 0 Å². The summed E-state index contributed by atoms with van der Waals surface area (Å²) in [7, 11) is 0. The van der Waals surface area contributed by atoms with Crippen LogP contribution in [0.25, 0.3) is 0 Å². The highest BCUT2D eigenvalue weighted by Gasteiger charge is 2.20. The standard InChI is InChI=1S/C7H7N3/c1-5-2-3-8-7-6(5)9-4-10-7/h2-4,6H,1H3/t6-/m0/s1. The molecule has 0 amide bonds. The van der Waals surface area contributed by atoms with Gasteiger partial charge in [-0.15, -0.1) is 0 Å². The quantitative estimate of drug-likeness (QED) is 0.469. The number of rotatable bonds is 0. The van der Waals surface area contributed by atoms with Crippen LogP contribution in [0.15, 0.2) is 26.6 Å². The molecule has 10 heavy (non-hydrogen) atoms. The van der Waals surface area contributed by atoms with Crippen molar-refractivity contribution in [2.45, 2.75) is 13.0 Å². The number of allylic oxidation sites excluding steroid dienone is 1. The summed E-state index contributed by atoms with van der Waals surface area (Å²) >= 11 is 0. The Labute approximate surface area is 58.9 Å². The fourth-order valence-electron chi connectivity index (χ4n) is 1.04. The van der Waals surface area contributed by atoms with E-state index in [0.717, 1.165) is 5.84 Å². The molecule has 3 nitrogen and oxygen atoms in total. The van der Waals surface area contributed by atoms with Gasteiger partial charge in [0, 0.05) is 6.21 Å². The van der Waals surface area contributed by atoms with Crippen LogP contribution in [-0.4, -0.2) is 24.4 Å². The summed E-state index contributed by atoms with van der Waals surface area (Å²) in [6, 6.07) is 0.116. The highest BCUT2D eigenvalue weighted by atomic mass is 15.1. The molecule has 0 unspecified atom stereocenters. The van der Waals surface area contributed by atoms with Gasteiger partial charge in [0.1, 0.15) is 12.4 Å². The topological polar surface area (TPSA) is 37.1 Å². The van der Waals surface area contributed by atoms with E-state index in [2.05, 4.69) is 15.0 Å². The summed E-state index contributed by atoms with van der Waals surface area (Å²) < 4.78 is 0. The summed E-state index contributed by atoms with van der Waals surface area (Å²) in [6.45, 7) is 2.04.